The van der Waals surface area contributed by atoms with Gasteiger partial charge in [-0.2, -0.15) is 4.98 Å². The number of ether oxygens (including phenoxy) is 2. The highest BCUT2D eigenvalue weighted by Gasteiger charge is 2.13. The van der Waals surface area contributed by atoms with Crippen molar-refractivity contribution in [1.82, 2.24) is 15.3 Å². The fourth-order valence-corrected chi connectivity index (χ4v) is 2.92. The molecule has 0 spiro atoms. The molecule has 0 bridgehead atoms. The molecule has 2 aromatic heterocycles. The number of nitrogens with one attached hydrogen (secondary N) is 1. The molecule has 0 atom stereocenters. The van der Waals surface area contributed by atoms with Gasteiger partial charge in [0.2, 0.25) is 5.89 Å². The van der Waals surface area contributed by atoms with E-state index in [0.717, 1.165) is 11.1 Å². The van der Waals surface area contributed by atoms with Gasteiger partial charge in [-0.15, -0.1) is 0 Å². The zero-order valence-corrected chi connectivity index (χ0v) is 16.0. The summed E-state index contributed by atoms with van der Waals surface area (Å²) in [6.07, 6.45) is 1.68. The third-order valence-corrected chi connectivity index (χ3v) is 4.47. The summed E-state index contributed by atoms with van der Waals surface area (Å²) in [5, 5.41) is 2.90. The van der Waals surface area contributed by atoms with Gasteiger partial charge >= 0.3 is 0 Å². The molecule has 146 valence electrons. The average Bonchev–Trinajstić information content (AvgIpc) is 3.21. The lowest BCUT2D eigenvalue weighted by Gasteiger charge is -2.11. The summed E-state index contributed by atoms with van der Waals surface area (Å²) in [7, 11) is 3.08. The highest BCUT2D eigenvalue weighted by molar-refractivity contribution is 5.97. The minimum absolute atomic E-state index is 0.224. The van der Waals surface area contributed by atoms with E-state index in [1.165, 1.54) is 7.11 Å². The summed E-state index contributed by atoms with van der Waals surface area (Å²) in [6.45, 7) is 0.378. The topological polar surface area (TPSA) is 86.5 Å². The van der Waals surface area contributed by atoms with Crippen molar-refractivity contribution in [2.75, 3.05) is 14.2 Å². The van der Waals surface area contributed by atoms with Crippen LogP contribution in [-0.2, 0) is 6.54 Å². The van der Waals surface area contributed by atoms with E-state index in [2.05, 4.69) is 15.3 Å². The average molecular weight is 389 g/mol. The first kappa shape index (κ1) is 18.5. The number of rotatable bonds is 6. The molecule has 0 saturated carbocycles. The molecule has 1 amide bonds. The van der Waals surface area contributed by atoms with Gasteiger partial charge < -0.3 is 19.2 Å². The number of hydrogen-bond donors (Lipinski definition) is 1. The van der Waals surface area contributed by atoms with Crippen LogP contribution in [0.4, 0.5) is 0 Å². The Balaban J connectivity index is 1.44. The number of hydrogen-bond acceptors (Lipinski definition) is 6. The first-order chi connectivity index (χ1) is 14.2. The number of carbonyl (C=O) groups excluding carboxylic acids is 1. The van der Waals surface area contributed by atoms with Gasteiger partial charge in [0, 0.05) is 24.4 Å². The molecule has 0 fully saturated rings. The number of nitrogens with zero attached hydrogens (tertiary/aromatic N) is 2. The molecular formula is C22H19N3O4. The first-order valence-electron chi connectivity index (χ1n) is 8.99. The predicted octanol–water partition coefficient (Wildman–Crippen LogP) is 3.84. The summed E-state index contributed by atoms with van der Waals surface area (Å²) < 4.78 is 16.2. The molecule has 4 aromatic rings. The lowest BCUT2D eigenvalue weighted by Crippen LogP contribution is -2.23. The van der Waals surface area contributed by atoms with E-state index in [-0.39, 0.29) is 5.91 Å². The standard InChI is InChI=1S/C22H19N3O4/c1-27-16-9-10-17(19(12-16)28-2)21(26)24-13-14-5-7-15(8-6-14)22-25-20-18(29-22)4-3-11-23-20/h3-12H,13H2,1-2H3,(H,24,26). The summed E-state index contributed by atoms with van der Waals surface area (Å²) >= 11 is 0. The third-order valence-electron chi connectivity index (χ3n) is 4.47. The molecule has 0 aliphatic rings. The number of amides is 1. The second kappa shape index (κ2) is 8.02. The molecule has 29 heavy (non-hydrogen) atoms. The first-order valence-corrected chi connectivity index (χ1v) is 8.99. The number of carbonyl (C=O) groups is 1. The predicted molar refractivity (Wildman–Crippen MR) is 108 cm³/mol. The van der Waals surface area contributed by atoms with Crippen LogP contribution in [0.5, 0.6) is 11.5 Å². The molecular weight excluding hydrogens is 370 g/mol. The van der Waals surface area contributed by atoms with Gasteiger partial charge in [-0.1, -0.05) is 12.1 Å². The molecule has 2 heterocycles. The zero-order chi connectivity index (χ0) is 20.2. The Morgan fingerprint density at radius 2 is 1.90 bits per heavy atom. The van der Waals surface area contributed by atoms with Gasteiger partial charge in [-0.25, -0.2) is 4.98 Å². The Morgan fingerprint density at radius 1 is 1.07 bits per heavy atom. The number of benzene rings is 2. The van der Waals surface area contributed by atoms with Crippen molar-refractivity contribution in [3.63, 3.8) is 0 Å². The van der Waals surface area contributed by atoms with Gasteiger partial charge in [0.1, 0.15) is 11.5 Å². The molecule has 2 aromatic carbocycles. The van der Waals surface area contributed by atoms with Crippen molar-refractivity contribution < 1.29 is 18.7 Å². The van der Waals surface area contributed by atoms with E-state index >= 15 is 0 Å². The minimum Gasteiger partial charge on any atom is -0.497 e. The Kier molecular flexibility index (Phi) is 5.11. The fourth-order valence-electron chi connectivity index (χ4n) is 2.92. The zero-order valence-electron chi connectivity index (χ0n) is 16.0. The van der Waals surface area contributed by atoms with Crippen molar-refractivity contribution in [2.24, 2.45) is 0 Å². The monoisotopic (exact) mass is 389 g/mol. The van der Waals surface area contributed by atoms with Crippen molar-refractivity contribution in [1.29, 1.82) is 0 Å². The van der Waals surface area contributed by atoms with Crippen LogP contribution in [0, 0.1) is 0 Å². The Morgan fingerprint density at radius 3 is 2.62 bits per heavy atom. The maximum absolute atomic E-state index is 12.5. The van der Waals surface area contributed by atoms with E-state index in [1.54, 1.807) is 37.6 Å². The molecule has 7 nitrogen and oxygen atoms in total. The summed E-state index contributed by atoms with van der Waals surface area (Å²) in [4.78, 5) is 21.1. The van der Waals surface area contributed by atoms with E-state index in [9.17, 15) is 4.79 Å². The van der Waals surface area contributed by atoms with E-state index in [4.69, 9.17) is 13.9 Å². The SMILES string of the molecule is COc1ccc(C(=O)NCc2ccc(-c3nc4ncccc4o3)cc2)c(OC)c1. The third kappa shape index (κ3) is 3.89. The smallest absolute Gasteiger partial charge is 0.255 e. The molecule has 0 unspecified atom stereocenters. The van der Waals surface area contributed by atoms with E-state index in [1.807, 2.05) is 30.3 Å². The van der Waals surface area contributed by atoms with Crippen LogP contribution >= 0.6 is 0 Å². The van der Waals surface area contributed by atoms with Gasteiger partial charge in [0.25, 0.3) is 5.91 Å². The van der Waals surface area contributed by atoms with Gasteiger partial charge in [-0.3, -0.25) is 4.79 Å². The van der Waals surface area contributed by atoms with Crippen LogP contribution < -0.4 is 14.8 Å². The maximum atomic E-state index is 12.5. The number of pyridine rings is 1. The largest absolute Gasteiger partial charge is 0.497 e. The van der Waals surface area contributed by atoms with E-state index < -0.39 is 0 Å². The Hall–Kier alpha value is -3.87. The van der Waals surface area contributed by atoms with Crippen molar-refractivity contribution >= 4 is 17.1 Å². The van der Waals surface area contributed by atoms with Gasteiger partial charge in [0.15, 0.2) is 11.2 Å². The van der Waals surface area contributed by atoms with Crippen LogP contribution in [-0.4, -0.2) is 30.1 Å². The molecule has 0 aliphatic heterocycles. The quantitative estimate of drug-likeness (QED) is 0.539. The minimum atomic E-state index is -0.224. The van der Waals surface area contributed by atoms with Crippen molar-refractivity contribution in [3.8, 4) is 23.0 Å². The van der Waals surface area contributed by atoms with Crippen molar-refractivity contribution in [2.45, 2.75) is 6.54 Å². The summed E-state index contributed by atoms with van der Waals surface area (Å²) in [5.41, 5.74) is 3.46. The number of oxazole rings is 1. The van der Waals surface area contributed by atoms with Crippen LogP contribution in [0.25, 0.3) is 22.7 Å². The maximum Gasteiger partial charge on any atom is 0.255 e. The van der Waals surface area contributed by atoms with Gasteiger partial charge in [-0.05, 0) is 42.0 Å². The second-order valence-electron chi connectivity index (χ2n) is 6.29. The number of aromatic nitrogens is 2. The van der Waals surface area contributed by atoms with Crippen molar-refractivity contribution in [3.05, 3.63) is 71.9 Å². The van der Waals surface area contributed by atoms with Crippen LogP contribution in [0.2, 0.25) is 0 Å². The van der Waals surface area contributed by atoms with Crippen LogP contribution in [0.15, 0.2) is 65.2 Å². The summed E-state index contributed by atoms with van der Waals surface area (Å²) in [5.74, 6) is 1.38. The summed E-state index contributed by atoms with van der Waals surface area (Å²) in [6, 6.07) is 16.4. The molecule has 0 aliphatic carbocycles. The lowest BCUT2D eigenvalue weighted by molar-refractivity contribution is 0.0948. The van der Waals surface area contributed by atoms with E-state index in [0.29, 0.717) is 40.7 Å². The molecule has 7 heteroatoms. The van der Waals surface area contributed by atoms with Gasteiger partial charge in [0.05, 0.1) is 19.8 Å². The fraction of sp³-hybridized carbons (Fsp3) is 0.136. The second-order valence-corrected chi connectivity index (χ2v) is 6.29. The number of fused-ring (bicyclic) bond motifs is 1. The Labute approximate surface area is 167 Å². The normalized spacial score (nSPS) is 10.7. The molecule has 1 N–H and O–H groups in total. The molecule has 0 saturated heterocycles. The van der Waals surface area contributed by atoms with Crippen LogP contribution in [0.3, 0.4) is 0 Å². The Bertz CT molecular complexity index is 1120. The highest BCUT2D eigenvalue weighted by atomic mass is 16.5. The lowest BCUT2D eigenvalue weighted by atomic mass is 10.1. The highest BCUT2D eigenvalue weighted by Crippen LogP contribution is 2.25. The van der Waals surface area contributed by atoms with Crippen LogP contribution in [0.1, 0.15) is 15.9 Å². The molecule has 4 rings (SSSR count). The number of methoxy groups -OCH3 is 2. The molecule has 0 radical (unpaired) electrons.